The molecule has 0 spiro atoms. The van der Waals surface area contributed by atoms with Gasteiger partial charge in [-0.05, 0) is 57.0 Å². The number of nitrogens with zero attached hydrogens (tertiary/aromatic N) is 1. The van der Waals surface area contributed by atoms with Crippen molar-refractivity contribution in [3.8, 4) is 0 Å². The standard InChI is InChI=1S/C15H22ClFN2/c1-2-8-19-9-3-4-13(7-10-19)18-15-11-12(16)5-6-14(15)17/h5-6,11,13,18H,2-4,7-10H2,1H3. The van der Waals surface area contributed by atoms with Crippen LogP contribution in [0, 0.1) is 5.82 Å². The zero-order chi connectivity index (χ0) is 13.7. The Morgan fingerprint density at radius 2 is 2.21 bits per heavy atom. The lowest BCUT2D eigenvalue weighted by Gasteiger charge is -2.20. The van der Waals surface area contributed by atoms with Crippen molar-refractivity contribution >= 4 is 17.3 Å². The summed E-state index contributed by atoms with van der Waals surface area (Å²) in [6, 6.07) is 5.02. The first-order valence-electron chi connectivity index (χ1n) is 7.13. The Bertz CT molecular complexity index is 411. The van der Waals surface area contributed by atoms with E-state index in [9.17, 15) is 4.39 Å². The molecule has 19 heavy (non-hydrogen) atoms. The highest BCUT2D eigenvalue weighted by atomic mass is 35.5. The Kier molecular flexibility index (Phi) is 5.46. The van der Waals surface area contributed by atoms with E-state index in [0.29, 0.717) is 16.8 Å². The van der Waals surface area contributed by atoms with Crippen molar-refractivity contribution < 1.29 is 4.39 Å². The molecule has 0 aliphatic carbocycles. The summed E-state index contributed by atoms with van der Waals surface area (Å²) in [5.41, 5.74) is 0.529. The van der Waals surface area contributed by atoms with Gasteiger partial charge in [0.25, 0.3) is 0 Å². The van der Waals surface area contributed by atoms with Crippen molar-refractivity contribution in [1.82, 2.24) is 4.90 Å². The van der Waals surface area contributed by atoms with Gasteiger partial charge in [0.05, 0.1) is 5.69 Å². The first-order valence-corrected chi connectivity index (χ1v) is 7.50. The lowest BCUT2D eigenvalue weighted by Crippen LogP contribution is -2.27. The summed E-state index contributed by atoms with van der Waals surface area (Å²) in [6.45, 7) is 5.62. The maximum atomic E-state index is 13.7. The third-order valence-electron chi connectivity index (χ3n) is 3.65. The molecule has 4 heteroatoms. The summed E-state index contributed by atoms with van der Waals surface area (Å²) in [6.07, 6.45) is 4.51. The van der Waals surface area contributed by atoms with E-state index >= 15 is 0 Å². The Morgan fingerprint density at radius 1 is 1.37 bits per heavy atom. The second-order valence-electron chi connectivity index (χ2n) is 5.24. The number of hydrogen-bond acceptors (Lipinski definition) is 2. The van der Waals surface area contributed by atoms with E-state index < -0.39 is 0 Å². The Labute approximate surface area is 119 Å². The molecular formula is C15H22ClFN2. The predicted octanol–water partition coefficient (Wildman–Crippen LogP) is 4.16. The highest BCUT2D eigenvalue weighted by molar-refractivity contribution is 6.30. The van der Waals surface area contributed by atoms with E-state index in [1.165, 1.54) is 18.9 Å². The molecule has 0 aromatic heterocycles. The summed E-state index contributed by atoms with van der Waals surface area (Å²) in [5.74, 6) is -0.223. The van der Waals surface area contributed by atoms with Crippen LogP contribution in [0.2, 0.25) is 5.02 Å². The fraction of sp³-hybridized carbons (Fsp3) is 0.600. The molecule has 106 valence electrons. The summed E-state index contributed by atoms with van der Waals surface area (Å²) < 4.78 is 13.7. The number of anilines is 1. The normalized spacial score (nSPS) is 21.1. The van der Waals surface area contributed by atoms with Crippen LogP contribution in [-0.2, 0) is 0 Å². The second-order valence-corrected chi connectivity index (χ2v) is 5.67. The van der Waals surface area contributed by atoms with Crippen LogP contribution in [-0.4, -0.2) is 30.6 Å². The number of likely N-dealkylation sites (tertiary alicyclic amines) is 1. The molecule has 0 amide bonds. The molecule has 1 saturated heterocycles. The van der Waals surface area contributed by atoms with Crippen molar-refractivity contribution in [2.24, 2.45) is 0 Å². The highest BCUT2D eigenvalue weighted by Gasteiger charge is 2.17. The van der Waals surface area contributed by atoms with Gasteiger partial charge in [0.2, 0.25) is 0 Å². The molecule has 2 rings (SSSR count). The van der Waals surface area contributed by atoms with Crippen LogP contribution in [0.5, 0.6) is 0 Å². The third-order valence-corrected chi connectivity index (χ3v) is 3.88. The highest BCUT2D eigenvalue weighted by Crippen LogP contribution is 2.23. The smallest absolute Gasteiger partial charge is 0.146 e. The van der Waals surface area contributed by atoms with E-state index in [4.69, 9.17) is 11.6 Å². The van der Waals surface area contributed by atoms with Crippen LogP contribution in [0.3, 0.4) is 0 Å². The second kappa shape index (κ2) is 7.11. The number of nitrogens with one attached hydrogen (secondary N) is 1. The quantitative estimate of drug-likeness (QED) is 0.893. The first kappa shape index (κ1) is 14.6. The molecule has 1 atom stereocenters. The molecule has 1 unspecified atom stereocenters. The number of rotatable bonds is 4. The predicted molar refractivity (Wildman–Crippen MR) is 79.4 cm³/mol. The van der Waals surface area contributed by atoms with Gasteiger partial charge in [0, 0.05) is 17.6 Å². The van der Waals surface area contributed by atoms with E-state index in [2.05, 4.69) is 17.1 Å². The molecule has 1 aliphatic rings. The zero-order valence-corrected chi connectivity index (χ0v) is 12.2. The van der Waals surface area contributed by atoms with Gasteiger partial charge in [0.1, 0.15) is 5.82 Å². The summed E-state index contributed by atoms with van der Waals surface area (Å²) in [5, 5.41) is 3.88. The van der Waals surface area contributed by atoms with Crippen LogP contribution in [0.1, 0.15) is 32.6 Å². The summed E-state index contributed by atoms with van der Waals surface area (Å²) >= 11 is 5.92. The Hall–Kier alpha value is -0.800. The molecule has 1 heterocycles. The molecule has 1 aromatic rings. The van der Waals surface area contributed by atoms with Gasteiger partial charge in [0.15, 0.2) is 0 Å². The van der Waals surface area contributed by atoms with E-state index in [0.717, 1.165) is 32.5 Å². The van der Waals surface area contributed by atoms with Crippen molar-refractivity contribution in [2.75, 3.05) is 25.0 Å². The number of halogens is 2. The molecule has 1 aliphatic heterocycles. The third kappa shape index (κ3) is 4.36. The maximum Gasteiger partial charge on any atom is 0.146 e. The molecular weight excluding hydrogens is 263 g/mol. The fourth-order valence-electron chi connectivity index (χ4n) is 2.67. The van der Waals surface area contributed by atoms with Crippen molar-refractivity contribution in [3.05, 3.63) is 29.0 Å². The van der Waals surface area contributed by atoms with E-state index in [1.54, 1.807) is 12.1 Å². The zero-order valence-electron chi connectivity index (χ0n) is 11.5. The lowest BCUT2D eigenvalue weighted by atomic mass is 10.1. The molecule has 2 nitrogen and oxygen atoms in total. The van der Waals surface area contributed by atoms with Crippen molar-refractivity contribution in [1.29, 1.82) is 0 Å². The minimum Gasteiger partial charge on any atom is -0.380 e. The lowest BCUT2D eigenvalue weighted by molar-refractivity contribution is 0.285. The molecule has 0 saturated carbocycles. The topological polar surface area (TPSA) is 15.3 Å². The van der Waals surface area contributed by atoms with Crippen molar-refractivity contribution in [2.45, 2.75) is 38.6 Å². The Balaban J connectivity index is 1.94. The first-order chi connectivity index (χ1) is 9.19. The minimum atomic E-state index is -0.223. The van der Waals surface area contributed by atoms with E-state index in [1.807, 2.05) is 0 Å². The summed E-state index contributed by atoms with van der Waals surface area (Å²) in [7, 11) is 0. The van der Waals surface area contributed by atoms with Gasteiger partial charge in [-0.25, -0.2) is 4.39 Å². The van der Waals surface area contributed by atoms with Crippen LogP contribution >= 0.6 is 11.6 Å². The number of hydrogen-bond donors (Lipinski definition) is 1. The molecule has 1 N–H and O–H groups in total. The minimum absolute atomic E-state index is 0.223. The van der Waals surface area contributed by atoms with Crippen LogP contribution < -0.4 is 5.32 Å². The molecule has 1 aromatic carbocycles. The molecule has 1 fully saturated rings. The molecule has 0 radical (unpaired) electrons. The van der Waals surface area contributed by atoms with Crippen molar-refractivity contribution in [3.63, 3.8) is 0 Å². The largest absolute Gasteiger partial charge is 0.380 e. The Morgan fingerprint density at radius 3 is 3.00 bits per heavy atom. The van der Waals surface area contributed by atoms with Gasteiger partial charge < -0.3 is 10.2 Å². The maximum absolute atomic E-state index is 13.7. The van der Waals surface area contributed by atoms with Gasteiger partial charge in [-0.2, -0.15) is 0 Å². The van der Waals surface area contributed by atoms with Crippen LogP contribution in [0.25, 0.3) is 0 Å². The monoisotopic (exact) mass is 284 g/mol. The molecule has 0 bridgehead atoms. The van der Waals surface area contributed by atoms with Crippen LogP contribution in [0.15, 0.2) is 18.2 Å². The average molecular weight is 285 g/mol. The van der Waals surface area contributed by atoms with Gasteiger partial charge in [-0.1, -0.05) is 18.5 Å². The number of benzene rings is 1. The van der Waals surface area contributed by atoms with Gasteiger partial charge >= 0.3 is 0 Å². The van der Waals surface area contributed by atoms with Gasteiger partial charge in [-0.15, -0.1) is 0 Å². The van der Waals surface area contributed by atoms with Gasteiger partial charge in [-0.3, -0.25) is 0 Å². The average Bonchev–Trinajstić information content (AvgIpc) is 2.60. The summed E-state index contributed by atoms with van der Waals surface area (Å²) in [4.78, 5) is 2.50. The fourth-order valence-corrected chi connectivity index (χ4v) is 2.84. The van der Waals surface area contributed by atoms with Crippen LogP contribution in [0.4, 0.5) is 10.1 Å². The SMILES string of the molecule is CCCN1CCCC(Nc2cc(Cl)ccc2F)CC1. The van der Waals surface area contributed by atoms with E-state index in [-0.39, 0.29) is 5.82 Å².